The zero-order chi connectivity index (χ0) is 12.1. The number of carbonyl (C=O) groups is 1. The summed E-state index contributed by atoms with van der Waals surface area (Å²) in [6, 6.07) is 8.04. The molecule has 0 radical (unpaired) electrons. The van der Waals surface area contributed by atoms with Crippen LogP contribution in [-0.4, -0.2) is 24.6 Å². The first-order valence-corrected chi connectivity index (χ1v) is 5.40. The molecule has 17 heavy (non-hydrogen) atoms. The van der Waals surface area contributed by atoms with Gasteiger partial charge in [0.05, 0.1) is 13.7 Å². The van der Waals surface area contributed by atoms with Gasteiger partial charge in [0.15, 0.2) is 0 Å². The van der Waals surface area contributed by atoms with Crippen molar-refractivity contribution in [2.24, 2.45) is 0 Å². The molecule has 1 N–H and O–H groups in total. The Kier molecular flexibility index (Phi) is 3.67. The lowest BCUT2D eigenvalue weighted by molar-refractivity contribution is -0.139. The highest BCUT2D eigenvalue weighted by molar-refractivity contribution is 5.84. The molecule has 4 nitrogen and oxygen atoms in total. The SMILES string of the molecule is COC(=O)CNCc1cncc2ccccc12. The molecule has 2 aromatic rings. The molecule has 0 atom stereocenters. The number of hydrogen-bond donors (Lipinski definition) is 1. The number of pyridine rings is 1. The topological polar surface area (TPSA) is 51.2 Å². The van der Waals surface area contributed by atoms with Gasteiger partial charge in [0.2, 0.25) is 0 Å². The summed E-state index contributed by atoms with van der Waals surface area (Å²) in [5, 5.41) is 5.28. The minimum atomic E-state index is -0.266. The van der Waals surface area contributed by atoms with Gasteiger partial charge < -0.3 is 10.1 Å². The summed E-state index contributed by atoms with van der Waals surface area (Å²) >= 11 is 0. The van der Waals surface area contributed by atoms with Crippen molar-refractivity contribution >= 4 is 16.7 Å². The molecule has 0 fully saturated rings. The number of methoxy groups -OCH3 is 1. The molecule has 2 rings (SSSR count). The Balaban J connectivity index is 2.11. The lowest BCUT2D eigenvalue weighted by Gasteiger charge is -2.06. The van der Waals surface area contributed by atoms with E-state index >= 15 is 0 Å². The standard InChI is InChI=1S/C13H14N2O2/c1-17-13(16)9-15-8-11-7-14-6-10-4-2-3-5-12(10)11/h2-7,15H,8-9H2,1H3. The minimum absolute atomic E-state index is 0.208. The number of carbonyl (C=O) groups excluding carboxylic acids is 1. The van der Waals surface area contributed by atoms with Gasteiger partial charge in [-0.05, 0) is 10.9 Å². The Hall–Kier alpha value is -1.94. The van der Waals surface area contributed by atoms with Crippen molar-refractivity contribution in [3.8, 4) is 0 Å². The van der Waals surface area contributed by atoms with Gasteiger partial charge in [0.25, 0.3) is 0 Å². The molecule has 0 saturated heterocycles. The van der Waals surface area contributed by atoms with Crippen molar-refractivity contribution in [1.29, 1.82) is 0 Å². The number of nitrogens with one attached hydrogen (secondary N) is 1. The molecule has 88 valence electrons. The quantitative estimate of drug-likeness (QED) is 0.809. The van der Waals surface area contributed by atoms with Gasteiger partial charge in [-0.1, -0.05) is 24.3 Å². The van der Waals surface area contributed by atoms with Crippen LogP contribution in [0.3, 0.4) is 0 Å². The van der Waals surface area contributed by atoms with Crippen LogP contribution < -0.4 is 5.32 Å². The van der Waals surface area contributed by atoms with Crippen LogP contribution in [0.25, 0.3) is 10.8 Å². The molecule has 4 heteroatoms. The van der Waals surface area contributed by atoms with Gasteiger partial charge in [-0.3, -0.25) is 9.78 Å². The van der Waals surface area contributed by atoms with Crippen LogP contribution >= 0.6 is 0 Å². The summed E-state index contributed by atoms with van der Waals surface area (Å²) in [5.41, 5.74) is 1.08. The third-order valence-electron chi connectivity index (χ3n) is 2.56. The highest BCUT2D eigenvalue weighted by Crippen LogP contribution is 2.16. The third kappa shape index (κ3) is 2.79. The van der Waals surface area contributed by atoms with Crippen molar-refractivity contribution in [2.75, 3.05) is 13.7 Å². The van der Waals surface area contributed by atoms with E-state index in [0.717, 1.165) is 16.3 Å². The van der Waals surface area contributed by atoms with E-state index in [4.69, 9.17) is 0 Å². The van der Waals surface area contributed by atoms with Crippen LogP contribution in [0.5, 0.6) is 0 Å². The average Bonchev–Trinajstić information content (AvgIpc) is 2.39. The minimum Gasteiger partial charge on any atom is -0.468 e. The van der Waals surface area contributed by atoms with Gasteiger partial charge in [0, 0.05) is 24.3 Å². The number of ether oxygens (including phenoxy) is 1. The van der Waals surface area contributed by atoms with Crippen LogP contribution in [0.2, 0.25) is 0 Å². The number of fused-ring (bicyclic) bond motifs is 1. The van der Waals surface area contributed by atoms with Gasteiger partial charge in [-0.15, -0.1) is 0 Å². The predicted octanol–water partition coefficient (Wildman–Crippen LogP) is 1.50. The Morgan fingerprint density at radius 3 is 3.00 bits per heavy atom. The molecule has 0 saturated carbocycles. The maximum absolute atomic E-state index is 11.0. The molecular formula is C13H14N2O2. The molecule has 1 aromatic carbocycles. The molecular weight excluding hydrogens is 216 g/mol. The lowest BCUT2D eigenvalue weighted by atomic mass is 10.1. The molecule has 1 heterocycles. The van der Waals surface area contributed by atoms with Gasteiger partial charge in [-0.25, -0.2) is 0 Å². The van der Waals surface area contributed by atoms with Crippen LogP contribution in [0.1, 0.15) is 5.56 Å². The molecule has 0 aliphatic rings. The first-order valence-electron chi connectivity index (χ1n) is 5.40. The summed E-state index contributed by atoms with van der Waals surface area (Å²) < 4.78 is 4.56. The van der Waals surface area contributed by atoms with Crippen molar-refractivity contribution in [3.63, 3.8) is 0 Å². The summed E-state index contributed by atoms with van der Waals surface area (Å²) in [7, 11) is 1.38. The van der Waals surface area contributed by atoms with Crippen molar-refractivity contribution in [3.05, 3.63) is 42.2 Å². The number of hydrogen-bond acceptors (Lipinski definition) is 4. The van der Waals surface area contributed by atoms with E-state index in [1.54, 1.807) is 0 Å². The smallest absolute Gasteiger partial charge is 0.319 e. The third-order valence-corrected chi connectivity index (χ3v) is 2.56. The molecule has 0 aliphatic heterocycles. The highest BCUT2D eigenvalue weighted by atomic mass is 16.5. The lowest BCUT2D eigenvalue weighted by Crippen LogP contribution is -2.23. The first-order chi connectivity index (χ1) is 8.31. The van der Waals surface area contributed by atoms with E-state index < -0.39 is 0 Å². The largest absolute Gasteiger partial charge is 0.468 e. The Bertz CT molecular complexity index is 520. The molecule has 1 aromatic heterocycles. The number of nitrogens with zero attached hydrogens (tertiary/aromatic N) is 1. The zero-order valence-corrected chi connectivity index (χ0v) is 9.64. The predicted molar refractivity (Wildman–Crippen MR) is 65.5 cm³/mol. The van der Waals surface area contributed by atoms with E-state index in [1.165, 1.54) is 7.11 Å². The van der Waals surface area contributed by atoms with Gasteiger partial charge in [-0.2, -0.15) is 0 Å². The van der Waals surface area contributed by atoms with Gasteiger partial charge >= 0.3 is 5.97 Å². The molecule has 0 amide bonds. The van der Waals surface area contributed by atoms with E-state index in [-0.39, 0.29) is 12.5 Å². The van der Waals surface area contributed by atoms with E-state index in [9.17, 15) is 4.79 Å². The van der Waals surface area contributed by atoms with Gasteiger partial charge in [0.1, 0.15) is 0 Å². The number of aromatic nitrogens is 1. The maximum atomic E-state index is 11.0. The number of rotatable bonds is 4. The number of benzene rings is 1. The Labute approximate surface area is 99.6 Å². The summed E-state index contributed by atoms with van der Waals surface area (Å²) in [4.78, 5) is 15.1. The van der Waals surface area contributed by atoms with E-state index in [0.29, 0.717) is 6.54 Å². The molecule has 0 unspecified atom stereocenters. The average molecular weight is 230 g/mol. The van der Waals surface area contributed by atoms with Crippen LogP contribution in [-0.2, 0) is 16.1 Å². The van der Waals surface area contributed by atoms with Crippen LogP contribution in [0.4, 0.5) is 0 Å². The fraction of sp³-hybridized carbons (Fsp3) is 0.231. The highest BCUT2D eigenvalue weighted by Gasteiger charge is 2.02. The zero-order valence-electron chi connectivity index (χ0n) is 9.64. The van der Waals surface area contributed by atoms with Crippen molar-refractivity contribution in [1.82, 2.24) is 10.3 Å². The second kappa shape index (κ2) is 5.41. The maximum Gasteiger partial charge on any atom is 0.319 e. The van der Waals surface area contributed by atoms with E-state index in [1.807, 2.05) is 36.7 Å². The Morgan fingerprint density at radius 1 is 1.35 bits per heavy atom. The second-order valence-electron chi connectivity index (χ2n) is 3.70. The fourth-order valence-electron chi connectivity index (χ4n) is 1.69. The molecule has 0 bridgehead atoms. The monoisotopic (exact) mass is 230 g/mol. The normalized spacial score (nSPS) is 10.4. The molecule has 0 aliphatic carbocycles. The second-order valence-corrected chi connectivity index (χ2v) is 3.70. The summed E-state index contributed by atoms with van der Waals surface area (Å²) in [6.45, 7) is 0.809. The van der Waals surface area contributed by atoms with Crippen LogP contribution in [0, 0.1) is 0 Å². The summed E-state index contributed by atoms with van der Waals surface area (Å²) in [6.07, 6.45) is 3.64. The van der Waals surface area contributed by atoms with Crippen molar-refractivity contribution < 1.29 is 9.53 Å². The Morgan fingerprint density at radius 2 is 2.18 bits per heavy atom. The molecule has 0 spiro atoms. The first kappa shape index (κ1) is 11.5. The fourth-order valence-corrected chi connectivity index (χ4v) is 1.69. The number of esters is 1. The van der Waals surface area contributed by atoms with Crippen molar-refractivity contribution in [2.45, 2.75) is 6.54 Å². The summed E-state index contributed by atoms with van der Waals surface area (Å²) in [5.74, 6) is -0.266. The van der Waals surface area contributed by atoms with Crippen LogP contribution in [0.15, 0.2) is 36.7 Å². The van der Waals surface area contributed by atoms with E-state index in [2.05, 4.69) is 15.0 Å².